The summed E-state index contributed by atoms with van der Waals surface area (Å²) in [6.45, 7) is 2.26. The molecule has 0 amide bonds. The predicted molar refractivity (Wildman–Crippen MR) is 54.2 cm³/mol. The second-order valence-corrected chi connectivity index (χ2v) is 5.03. The SMILES string of the molecule is CCC(Br)CCC1CCCC1. The molecule has 1 atom stereocenters. The van der Waals surface area contributed by atoms with Crippen LogP contribution in [-0.4, -0.2) is 4.83 Å². The fraction of sp³-hybridized carbons (Fsp3) is 1.00. The lowest BCUT2D eigenvalue weighted by Gasteiger charge is -2.10. The Kier molecular flexibility index (Phi) is 4.51. The van der Waals surface area contributed by atoms with Gasteiger partial charge in [-0.3, -0.25) is 0 Å². The van der Waals surface area contributed by atoms with Crippen molar-refractivity contribution in [3.63, 3.8) is 0 Å². The van der Waals surface area contributed by atoms with Crippen LogP contribution in [0.2, 0.25) is 0 Å². The zero-order chi connectivity index (χ0) is 8.10. The highest BCUT2D eigenvalue weighted by Crippen LogP contribution is 2.30. The molecule has 0 aromatic carbocycles. The van der Waals surface area contributed by atoms with Gasteiger partial charge in [0.25, 0.3) is 0 Å². The van der Waals surface area contributed by atoms with Gasteiger partial charge in [0.05, 0.1) is 0 Å². The van der Waals surface area contributed by atoms with E-state index in [1.54, 1.807) is 0 Å². The van der Waals surface area contributed by atoms with Gasteiger partial charge in [-0.25, -0.2) is 0 Å². The Morgan fingerprint density at radius 2 is 2.00 bits per heavy atom. The first-order valence-corrected chi connectivity index (χ1v) is 5.88. The van der Waals surface area contributed by atoms with Crippen molar-refractivity contribution in [1.29, 1.82) is 0 Å². The van der Waals surface area contributed by atoms with Crippen molar-refractivity contribution in [3.8, 4) is 0 Å². The van der Waals surface area contributed by atoms with E-state index in [0.717, 1.165) is 10.7 Å². The van der Waals surface area contributed by atoms with Crippen molar-refractivity contribution in [3.05, 3.63) is 0 Å². The van der Waals surface area contributed by atoms with Crippen molar-refractivity contribution in [2.75, 3.05) is 0 Å². The van der Waals surface area contributed by atoms with Gasteiger partial charge in [-0.2, -0.15) is 0 Å². The van der Waals surface area contributed by atoms with Gasteiger partial charge >= 0.3 is 0 Å². The summed E-state index contributed by atoms with van der Waals surface area (Å²) in [7, 11) is 0. The Labute approximate surface area is 78.9 Å². The first-order valence-electron chi connectivity index (χ1n) is 4.97. The van der Waals surface area contributed by atoms with Crippen LogP contribution >= 0.6 is 15.9 Å². The van der Waals surface area contributed by atoms with E-state index in [2.05, 4.69) is 22.9 Å². The number of rotatable bonds is 4. The summed E-state index contributed by atoms with van der Waals surface area (Å²) in [6.07, 6.45) is 10.1. The summed E-state index contributed by atoms with van der Waals surface area (Å²) in [5.74, 6) is 1.07. The maximum Gasteiger partial charge on any atom is 0.0143 e. The first kappa shape index (κ1) is 9.57. The third kappa shape index (κ3) is 3.59. The van der Waals surface area contributed by atoms with E-state index in [-0.39, 0.29) is 0 Å². The average molecular weight is 219 g/mol. The van der Waals surface area contributed by atoms with Crippen molar-refractivity contribution in [2.24, 2.45) is 5.92 Å². The van der Waals surface area contributed by atoms with Gasteiger partial charge in [0.2, 0.25) is 0 Å². The molecule has 1 fully saturated rings. The topological polar surface area (TPSA) is 0 Å². The molecule has 0 aliphatic heterocycles. The molecule has 0 heterocycles. The summed E-state index contributed by atoms with van der Waals surface area (Å²) >= 11 is 3.68. The normalized spacial score (nSPS) is 22.4. The van der Waals surface area contributed by atoms with E-state index in [9.17, 15) is 0 Å². The highest BCUT2D eigenvalue weighted by atomic mass is 79.9. The van der Waals surface area contributed by atoms with Gasteiger partial charge in [-0.15, -0.1) is 0 Å². The van der Waals surface area contributed by atoms with Crippen LogP contribution in [0.4, 0.5) is 0 Å². The Morgan fingerprint density at radius 3 is 2.55 bits per heavy atom. The Bertz CT molecular complexity index is 95.0. The summed E-state index contributed by atoms with van der Waals surface area (Å²) in [5, 5.41) is 0. The van der Waals surface area contributed by atoms with Crippen LogP contribution < -0.4 is 0 Å². The molecule has 1 rings (SSSR count). The molecule has 0 N–H and O–H groups in total. The largest absolute Gasteiger partial charge is 0.0891 e. The van der Waals surface area contributed by atoms with Crippen LogP contribution in [0.5, 0.6) is 0 Å². The van der Waals surface area contributed by atoms with E-state index in [4.69, 9.17) is 0 Å². The number of alkyl halides is 1. The monoisotopic (exact) mass is 218 g/mol. The van der Waals surface area contributed by atoms with E-state index in [0.29, 0.717) is 0 Å². The molecule has 0 bridgehead atoms. The van der Waals surface area contributed by atoms with Crippen LogP contribution in [-0.2, 0) is 0 Å². The summed E-state index contributed by atoms with van der Waals surface area (Å²) < 4.78 is 0. The first-order chi connectivity index (χ1) is 5.33. The van der Waals surface area contributed by atoms with E-state index in [1.807, 2.05) is 0 Å². The average Bonchev–Trinajstić information content (AvgIpc) is 2.52. The van der Waals surface area contributed by atoms with Crippen molar-refractivity contribution >= 4 is 15.9 Å². The molecule has 0 spiro atoms. The van der Waals surface area contributed by atoms with Crippen molar-refractivity contribution in [2.45, 2.75) is 56.7 Å². The van der Waals surface area contributed by atoms with Gasteiger partial charge in [0.1, 0.15) is 0 Å². The minimum Gasteiger partial charge on any atom is -0.0891 e. The third-order valence-corrected chi connectivity index (χ3v) is 3.91. The van der Waals surface area contributed by atoms with Gasteiger partial charge in [-0.05, 0) is 25.2 Å². The van der Waals surface area contributed by atoms with Gasteiger partial charge in [0, 0.05) is 4.83 Å². The molecule has 1 saturated carbocycles. The lowest BCUT2D eigenvalue weighted by molar-refractivity contribution is 0.478. The summed E-state index contributed by atoms with van der Waals surface area (Å²) in [4.78, 5) is 0.781. The third-order valence-electron chi connectivity index (χ3n) is 2.81. The maximum atomic E-state index is 3.68. The zero-order valence-electron chi connectivity index (χ0n) is 7.48. The Balaban J connectivity index is 2.01. The fourth-order valence-electron chi connectivity index (χ4n) is 1.92. The molecule has 0 saturated heterocycles. The second-order valence-electron chi connectivity index (χ2n) is 3.73. The Hall–Kier alpha value is 0.480. The molecule has 0 radical (unpaired) electrons. The second kappa shape index (κ2) is 5.18. The lowest BCUT2D eigenvalue weighted by Crippen LogP contribution is -2.00. The number of hydrogen-bond donors (Lipinski definition) is 0. The quantitative estimate of drug-likeness (QED) is 0.623. The van der Waals surface area contributed by atoms with Crippen molar-refractivity contribution < 1.29 is 0 Å². The van der Waals surface area contributed by atoms with E-state index < -0.39 is 0 Å². The van der Waals surface area contributed by atoms with Crippen LogP contribution in [0, 0.1) is 5.92 Å². The molecule has 0 aromatic rings. The van der Waals surface area contributed by atoms with Crippen LogP contribution in [0.3, 0.4) is 0 Å². The van der Waals surface area contributed by atoms with Crippen LogP contribution in [0.1, 0.15) is 51.9 Å². The molecular formula is C10H19Br. The molecular weight excluding hydrogens is 200 g/mol. The molecule has 1 heteroatoms. The molecule has 11 heavy (non-hydrogen) atoms. The number of hydrogen-bond acceptors (Lipinski definition) is 0. The van der Waals surface area contributed by atoms with E-state index >= 15 is 0 Å². The summed E-state index contributed by atoms with van der Waals surface area (Å²) in [5.41, 5.74) is 0. The Morgan fingerprint density at radius 1 is 1.36 bits per heavy atom. The molecule has 1 unspecified atom stereocenters. The maximum absolute atomic E-state index is 3.68. The van der Waals surface area contributed by atoms with Gasteiger partial charge in [0.15, 0.2) is 0 Å². The highest BCUT2D eigenvalue weighted by molar-refractivity contribution is 9.09. The highest BCUT2D eigenvalue weighted by Gasteiger charge is 2.15. The molecule has 1 aliphatic rings. The minimum absolute atomic E-state index is 0.781. The molecule has 1 aliphatic carbocycles. The van der Waals surface area contributed by atoms with Crippen LogP contribution in [0.25, 0.3) is 0 Å². The number of halogens is 1. The minimum atomic E-state index is 0.781. The molecule has 0 aromatic heterocycles. The lowest BCUT2D eigenvalue weighted by atomic mass is 10.0. The van der Waals surface area contributed by atoms with Crippen molar-refractivity contribution in [1.82, 2.24) is 0 Å². The van der Waals surface area contributed by atoms with Gasteiger partial charge in [-0.1, -0.05) is 48.5 Å². The zero-order valence-corrected chi connectivity index (χ0v) is 9.07. The standard InChI is InChI=1S/C10H19Br/c1-2-10(11)8-7-9-5-3-4-6-9/h9-10H,2-8H2,1H3. The summed E-state index contributed by atoms with van der Waals surface area (Å²) in [6, 6.07) is 0. The molecule has 0 nitrogen and oxygen atoms in total. The predicted octanol–water partition coefficient (Wildman–Crippen LogP) is 4.13. The smallest absolute Gasteiger partial charge is 0.0143 e. The fourth-order valence-corrected chi connectivity index (χ4v) is 2.18. The molecule has 66 valence electrons. The van der Waals surface area contributed by atoms with Gasteiger partial charge < -0.3 is 0 Å². The van der Waals surface area contributed by atoms with E-state index in [1.165, 1.54) is 44.9 Å². The van der Waals surface area contributed by atoms with Crippen LogP contribution in [0.15, 0.2) is 0 Å².